The van der Waals surface area contributed by atoms with Gasteiger partial charge in [0.25, 0.3) is 0 Å². The molecule has 18 heavy (non-hydrogen) atoms. The molecule has 0 aliphatic carbocycles. The number of hydrazine groups is 1. The highest BCUT2D eigenvalue weighted by molar-refractivity contribution is 5.85. The van der Waals surface area contributed by atoms with Crippen LogP contribution in [-0.4, -0.2) is 31.3 Å². The first-order valence-electron chi connectivity index (χ1n) is 6.37. The van der Waals surface area contributed by atoms with Gasteiger partial charge in [-0.25, -0.2) is 5.01 Å². The van der Waals surface area contributed by atoms with Gasteiger partial charge in [0.2, 0.25) is 0 Å². The molecular formula is C15H18N2O. The number of nitrogens with one attached hydrogen (secondary N) is 1. The van der Waals surface area contributed by atoms with Crippen molar-refractivity contribution in [2.45, 2.75) is 12.6 Å². The van der Waals surface area contributed by atoms with Crippen LogP contribution in [0.5, 0.6) is 0 Å². The molecule has 3 rings (SSSR count). The molecule has 2 aromatic carbocycles. The standard InChI is InChI=1S/C15H18N2O/c1-16-17(10-14-11-18-14)9-13-7-4-6-12-5-2-3-8-15(12)13/h2-8,14,16H,9-11H2,1H3. The number of nitrogens with zero attached hydrogens (tertiary/aromatic N) is 1. The third-order valence-corrected chi connectivity index (χ3v) is 3.38. The Morgan fingerprint density at radius 2 is 2.00 bits per heavy atom. The molecule has 3 heteroatoms. The van der Waals surface area contributed by atoms with E-state index in [2.05, 4.69) is 52.9 Å². The number of ether oxygens (including phenoxy) is 1. The van der Waals surface area contributed by atoms with E-state index in [1.165, 1.54) is 16.3 Å². The molecule has 0 bridgehead atoms. The van der Waals surface area contributed by atoms with E-state index in [9.17, 15) is 0 Å². The quantitative estimate of drug-likeness (QED) is 0.643. The second-order valence-corrected chi connectivity index (χ2v) is 4.70. The minimum atomic E-state index is 0.410. The number of hydrogen-bond donors (Lipinski definition) is 1. The van der Waals surface area contributed by atoms with Crippen molar-refractivity contribution in [1.29, 1.82) is 0 Å². The summed E-state index contributed by atoms with van der Waals surface area (Å²) in [6.07, 6.45) is 0.410. The van der Waals surface area contributed by atoms with Gasteiger partial charge in [0.1, 0.15) is 0 Å². The number of rotatable bonds is 5. The van der Waals surface area contributed by atoms with Crippen molar-refractivity contribution >= 4 is 10.8 Å². The summed E-state index contributed by atoms with van der Waals surface area (Å²) in [5.41, 5.74) is 4.59. The second-order valence-electron chi connectivity index (χ2n) is 4.70. The molecule has 2 aromatic rings. The van der Waals surface area contributed by atoms with Gasteiger partial charge in [-0.3, -0.25) is 5.43 Å². The van der Waals surface area contributed by atoms with E-state index in [0.717, 1.165) is 19.7 Å². The lowest BCUT2D eigenvalue weighted by Crippen LogP contribution is -2.37. The van der Waals surface area contributed by atoms with Crippen LogP contribution in [0.2, 0.25) is 0 Å². The molecule has 1 unspecified atom stereocenters. The van der Waals surface area contributed by atoms with Crippen molar-refractivity contribution in [3.05, 3.63) is 48.0 Å². The van der Waals surface area contributed by atoms with Crippen molar-refractivity contribution in [3.8, 4) is 0 Å². The maximum absolute atomic E-state index is 5.28. The van der Waals surface area contributed by atoms with Crippen LogP contribution in [0.25, 0.3) is 10.8 Å². The summed E-state index contributed by atoms with van der Waals surface area (Å²) in [6, 6.07) is 15.0. The van der Waals surface area contributed by atoms with Gasteiger partial charge in [-0.05, 0) is 23.4 Å². The number of benzene rings is 2. The molecule has 1 fully saturated rings. The summed E-state index contributed by atoms with van der Waals surface area (Å²) in [5, 5.41) is 4.84. The third-order valence-electron chi connectivity index (χ3n) is 3.38. The Morgan fingerprint density at radius 3 is 2.78 bits per heavy atom. The van der Waals surface area contributed by atoms with Crippen molar-refractivity contribution < 1.29 is 4.74 Å². The van der Waals surface area contributed by atoms with Crippen molar-refractivity contribution in [1.82, 2.24) is 10.4 Å². The summed E-state index contributed by atoms with van der Waals surface area (Å²) in [6.45, 7) is 2.74. The SMILES string of the molecule is CNN(Cc1cccc2ccccc12)CC1CO1. The summed E-state index contributed by atoms with van der Waals surface area (Å²) in [7, 11) is 1.97. The van der Waals surface area contributed by atoms with Gasteiger partial charge in [-0.1, -0.05) is 42.5 Å². The van der Waals surface area contributed by atoms with E-state index >= 15 is 0 Å². The van der Waals surface area contributed by atoms with Gasteiger partial charge in [0.15, 0.2) is 0 Å². The third kappa shape index (κ3) is 2.53. The van der Waals surface area contributed by atoms with Crippen LogP contribution in [-0.2, 0) is 11.3 Å². The highest BCUT2D eigenvalue weighted by Gasteiger charge is 2.25. The van der Waals surface area contributed by atoms with Crippen LogP contribution in [0.1, 0.15) is 5.56 Å². The predicted octanol–water partition coefficient (Wildman–Crippen LogP) is 2.17. The summed E-state index contributed by atoms with van der Waals surface area (Å²) < 4.78 is 5.28. The molecule has 3 nitrogen and oxygen atoms in total. The predicted molar refractivity (Wildman–Crippen MR) is 73.2 cm³/mol. The topological polar surface area (TPSA) is 27.8 Å². The average Bonchev–Trinajstić information content (AvgIpc) is 3.22. The van der Waals surface area contributed by atoms with Crippen molar-refractivity contribution in [2.75, 3.05) is 20.2 Å². The molecule has 1 N–H and O–H groups in total. The van der Waals surface area contributed by atoms with Crippen LogP contribution in [0.3, 0.4) is 0 Å². The number of epoxide rings is 1. The Bertz CT molecular complexity index is 532. The summed E-state index contributed by atoms with van der Waals surface area (Å²) in [5.74, 6) is 0. The molecule has 0 saturated carbocycles. The van der Waals surface area contributed by atoms with E-state index in [1.54, 1.807) is 0 Å². The smallest absolute Gasteiger partial charge is 0.0950 e. The van der Waals surface area contributed by atoms with E-state index in [-0.39, 0.29) is 0 Å². The van der Waals surface area contributed by atoms with Gasteiger partial charge >= 0.3 is 0 Å². The van der Waals surface area contributed by atoms with E-state index in [0.29, 0.717) is 6.10 Å². The van der Waals surface area contributed by atoms with Gasteiger partial charge in [0, 0.05) is 13.1 Å². The zero-order chi connectivity index (χ0) is 12.4. The Morgan fingerprint density at radius 1 is 1.22 bits per heavy atom. The fourth-order valence-corrected chi connectivity index (χ4v) is 2.29. The molecule has 0 spiro atoms. The van der Waals surface area contributed by atoms with Crippen molar-refractivity contribution in [2.24, 2.45) is 0 Å². The normalized spacial score (nSPS) is 18.4. The molecule has 0 amide bonds. The molecule has 94 valence electrons. The Kier molecular flexibility index (Phi) is 3.28. The molecule has 0 radical (unpaired) electrons. The first-order chi connectivity index (χ1) is 8.86. The maximum atomic E-state index is 5.28. The molecule has 1 saturated heterocycles. The first kappa shape index (κ1) is 11.7. The summed E-state index contributed by atoms with van der Waals surface area (Å²) in [4.78, 5) is 0. The minimum absolute atomic E-state index is 0.410. The Labute approximate surface area is 107 Å². The lowest BCUT2D eigenvalue weighted by Gasteiger charge is -2.21. The van der Waals surface area contributed by atoms with E-state index in [4.69, 9.17) is 4.74 Å². The molecule has 1 aliphatic heterocycles. The van der Waals surface area contributed by atoms with Gasteiger partial charge < -0.3 is 4.74 Å². The van der Waals surface area contributed by atoms with Crippen LogP contribution < -0.4 is 5.43 Å². The van der Waals surface area contributed by atoms with Crippen LogP contribution in [0.15, 0.2) is 42.5 Å². The first-order valence-corrected chi connectivity index (χ1v) is 6.37. The van der Waals surface area contributed by atoms with Crippen molar-refractivity contribution in [3.63, 3.8) is 0 Å². The Hall–Kier alpha value is -1.42. The van der Waals surface area contributed by atoms with E-state index in [1.807, 2.05) is 7.05 Å². The Balaban J connectivity index is 1.84. The van der Waals surface area contributed by atoms with E-state index < -0.39 is 0 Å². The van der Waals surface area contributed by atoms with Gasteiger partial charge in [0.05, 0.1) is 12.7 Å². The highest BCUT2D eigenvalue weighted by atomic mass is 16.6. The fraction of sp³-hybridized carbons (Fsp3) is 0.333. The van der Waals surface area contributed by atoms with Gasteiger partial charge in [-0.15, -0.1) is 0 Å². The van der Waals surface area contributed by atoms with Crippen LogP contribution >= 0.6 is 0 Å². The second kappa shape index (κ2) is 5.06. The van der Waals surface area contributed by atoms with Crippen LogP contribution in [0, 0.1) is 0 Å². The fourth-order valence-electron chi connectivity index (χ4n) is 2.29. The zero-order valence-corrected chi connectivity index (χ0v) is 10.6. The molecule has 1 heterocycles. The average molecular weight is 242 g/mol. The molecule has 1 aliphatic rings. The molecule has 1 atom stereocenters. The van der Waals surface area contributed by atoms with Gasteiger partial charge in [-0.2, -0.15) is 0 Å². The highest BCUT2D eigenvalue weighted by Crippen LogP contribution is 2.20. The number of hydrogen-bond acceptors (Lipinski definition) is 3. The molecular weight excluding hydrogens is 224 g/mol. The largest absolute Gasteiger partial charge is 0.372 e. The maximum Gasteiger partial charge on any atom is 0.0950 e. The summed E-state index contributed by atoms with van der Waals surface area (Å²) >= 11 is 0. The zero-order valence-electron chi connectivity index (χ0n) is 10.6. The lowest BCUT2D eigenvalue weighted by atomic mass is 10.0. The lowest BCUT2D eigenvalue weighted by molar-refractivity contribution is 0.179. The number of fused-ring (bicyclic) bond motifs is 1. The van der Waals surface area contributed by atoms with Crippen LogP contribution in [0.4, 0.5) is 0 Å². The monoisotopic (exact) mass is 242 g/mol. The molecule has 0 aromatic heterocycles. The minimum Gasteiger partial charge on any atom is -0.372 e.